The highest BCUT2D eigenvalue weighted by molar-refractivity contribution is 7.90. The van der Waals surface area contributed by atoms with Crippen molar-refractivity contribution in [3.63, 3.8) is 0 Å². The van der Waals surface area contributed by atoms with Crippen molar-refractivity contribution in [2.24, 2.45) is 17.8 Å². The number of alkyl halides is 3. The first-order valence-electron chi connectivity index (χ1n) is 17.9. The Morgan fingerprint density at radius 1 is 1.17 bits per heavy atom. The molecule has 6 rings (SSSR count). The molecule has 2 amide bonds. The molecule has 2 aliphatic heterocycles. The smallest absolute Gasteiger partial charge is 0.406 e. The predicted octanol–water partition coefficient (Wildman–Crippen LogP) is 6.68. The summed E-state index contributed by atoms with van der Waals surface area (Å²) in [5.41, 5.74) is 1.44. The monoisotopic (exact) mass is 765 g/mol. The van der Waals surface area contributed by atoms with Crippen molar-refractivity contribution in [3.05, 3.63) is 70.3 Å². The molecule has 52 heavy (non-hydrogen) atoms. The number of carbonyl (C=O) groups is 2. The summed E-state index contributed by atoms with van der Waals surface area (Å²) in [4.78, 5) is 29.9. The van der Waals surface area contributed by atoms with Crippen molar-refractivity contribution < 1.29 is 40.7 Å². The van der Waals surface area contributed by atoms with Crippen LogP contribution in [0.25, 0.3) is 0 Å². The number of fused-ring (bicyclic) bond motifs is 4. The van der Waals surface area contributed by atoms with Crippen LogP contribution >= 0.6 is 11.6 Å². The molecular weight excluding hydrogens is 719 g/mol. The maximum absolute atomic E-state index is 13.5. The molecular formula is C38H47ClF3N3O6S. The van der Waals surface area contributed by atoms with E-state index in [-0.39, 0.29) is 30.2 Å². The molecule has 1 spiro atoms. The molecule has 1 N–H and O–H groups in total. The Morgan fingerprint density at radius 2 is 1.94 bits per heavy atom. The number of hydrogen-bond donors (Lipinski definition) is 1. The topological polar surface area (TPSA) is 105 Å². The summed E-state index contributed by atoms with van der Waals surface area (Å²) in [6.45, 7) is 3.27. The molecule has 9 nitrogen and oxygen atoms in total. The SMILES string of the molecule is CO[C@@]1(CC(=O)N(C)CC(F)(F)F)/C=C/C[C@H](C)[C@@H](C)S(=O)(=O)NC(=O)c2ccc3c(c2)N(C[C@@H]2CC[C@H]21)C[C@@]1(CCCc2cc(Cl)ccc21)CO3. The predicted molar refractivity (Wildman–Crippen MR) is 193 cm³/mol. The number of methoxy groups -OCH3 is 1. The van der Waals surface area contributed by atoms with Crippen LogP contribution < -0.4 is 14.4 Å². The van der Waals surface area contributed by atoms with Gasteiger partial charge in [-0.25, -0.2) is 13.1 Å². The summed E-state index contributed by atoms with van der Waals surface area (Å²) >= 11 is 6.42. The average Bonchev–Trinajstić information content (AvgIpc) is 3.21. The van der Waals surface area contributed by atoms with Crippen molar-refractivity contribution in [1.29, 1.82) is 0 Å². The number of halogens is 4. The Bertz CT molecular complexity index is 1840. The number of carbonyl (C=O) groups excluding carboxylic acids is 2. The molecule has 2 aromatic carbocycles. The van der Waals surface area contributed by atoms with Gasteiger partial charge in [0, 0.05) is 43.2 Å². The number of aryl methyl sites for hydroxylation is 1. The van der Waals surface area contributed by atoms with E-state index in [1.54, 1.807) is 37.3 Å². The summed E-state index contributed by atoms with van der Waals surface area (Å²) in [6, 6.07) is 10.9. The molecule has 284 valence electrons. The number of benzene rings is 2. The molecule has 2 heterocycles. The second kappa shape index (κ2) is 14.5. The zero-order valence-electron chi connectivity index (χ0n) is 30.0. The lowest BCUT2D eigenvalue weighted by Gasteiger charge is -2.50. The third kappa shape index (κ3) is 7.68. The number of nitrogens with one attached hydrogen (secondary N) is 1. The van der Waals surface area contributed by atoms with Gasteiger partial charge in [0.05, 0.1) is 29.6 Å². The van der Waals surface area contributed by atoms with Crippen LogP contribution in [0.1, 0.15) is 73.9 Å². The number of allylic oxidation sites excluding steroid dienone is 1. The van der Waals surface area contributed by atoms with Crippen LogP contribution in [0.3, 0.4) is 0 Å². The minimum atomic E-state index is -4.56. The van der Waals surface area contributed by atoms with Crippen LogP contribution in [0, 0.1) is 17.8 Å². The van der Waals surface area contributed by atoms with Gasteiger partial charge in [-0.2, -0.15) is 13.2 Å². The van der Waals surface area contributed by atoms with E-state index in [9.17, 15) is 31.2 Å². The van der Waals surface area contributed by atoms with Crippen LogP contribution in [0.4, 0.5) is 18.9 Å². The Hall–Kier alpha value is -3.29. The average molecular weight is 766 g/mol. The highest BCUT2D eigenvalue weighted by atomic mass is 35.5. The zero-order valence-corrected chi connectivity index (χ0v) is 31.5. The summed E-state index contributed by atoms with van der Waals surface area (Å²) in [6.07, 6.45) is 3.00. The summed E-state index contributed by atoms with van der Waals surface area (Å²) in [5, 5.41) is -0.313. The largest absolute Gasteiger partial charge is 0.490 e. The summed E-state index contributed by atoms with van der Waals surface area (Å²) in [5.74, 6) is -1.62. The number of hydrogen-bond acceptors (Lipinski definition) is 7. The lowest BCUT2D eigenvalue weighted by molar-refractivity contribution is -0.164. The molecule has 6 atom stereocenters. The molecule has 2 aromatic rings. The molecule has 1 fully saturated rings. The van der Waals surface area contributed by atoms with Gasteiger partial charge < -0.3 is 19.3 Å². The third-order valence-electron chi connectivity index (χ3n) is 11.9. The van der Waals surface area contributed by atoms with E-state index >= 15 is 0 Å². The standard InChI is InChI=1S/C38H47ClF3N3O6S/c1-24-7-5-16-37(50-4,19-34(46)44(3)22-38(40,41)42)31-12-9-28(31)20-45-21-36(15-6-8-26-17-29(39)11-13-30(26)36)23-51-33-14-10-27(18-32(33)45)35(47)43-52(48,49)25(24)2/h5,10-11,13-14,16-18,24-25,28,31H,6-9,12,15,19-23H2,1-4H3,(H,43,47)/b16-5+/t24-,25+,28-,31+,36-,37+/m0/s1. The first kappa shape index (κ1) is 38.4. The van der Waals surface area contributed by atoms with Crippen molar-refractivity contribution in [2.75, 3.05) is 45.3 Å². The van der Waals surface area contributed by atoms with Crippen molar-refractivity contribution >= 4 is 39.1 Å². The number of anilines is 1. The van der Waals surface area contributed by atoms with E-state index in [0.717, 1.165) is 43.9 Å². The van der Waals surface area contributed by atoms with Crippen LogP contribution in [-0.4, -0.2) is 82.6 Å². The molecule has 14 heteroatoms. The number of ether oxygens (including phenoxy) is 2. The van der Waals surface area contributed by atoms with E-state index in [4.69, 9.17) is 21.1 Å². The van der Waals surface area contributed by atoms with E-state index in [2.05, 4.69) is 15.7 Å². The fourth-order valence-corrected chi connectivity index (χ4v) is 10.0. The van der Waals surface area contributed by atoms with Gasteiger partial charge in [-0.15, -0.1) is 0 Å². The van der Waals surface area contributed by atoms with Crippen LogP contribution in [0.5, 0.6) is 5.75 Å². The van der Waals surface area contributed by atoms with Crippen molar-refractivity contribution in [3.8, 4) is 5.75 Å². The van der Waals surface area contributed by atoms with Gasteiger partial charge in [0.1, 0.15) is 12.3 Å². The van der Waals surface area contributed by atoms with Gasteiger partial charge in [-0.3, -0.25) is 9.59 Å². The highest BCUT2D eigenvalue weighted by Crippen LogP contribution is 2.50. The van der Waals surface area contributed by atoms with Gasteiger partial charge in [-0.05, 0) is 105 Å². The van der Waals surface area contributed by atoms with Crippen LogP contribution in [0.2, 0.25) is 5.02 Å². The number of rotatable bonds is 4. The summed E-state index contributed by atoms with van der Waals surface area (Å²) < 4.78 is 82.0. The van der Waals surface area contributed by atoms with Gasteiger partial charge in [0.2, 0.25) is 15.9 Å². The van der Waals surface area contributed by atoms with Crippen molar-refractivity contribution in [1.82, 2.24) is 9.62 Å². The van der Waals surface area contributed by atoms with Gasteiger partial charge in [0.15, 0.2) is 0 Å². The molecule has 0 radical (unpaired) electrons. The first-order valence-corrected chi connectivity index (χ1v) is 19.8. The minimum absolute atomic E-state index is 0.0382. The normalized spacial score (nSPS) is 30.8. The van der Waals surface area contributed by atoms with E-state index in [1.165, 1.54) is 14.0 Å². The molecule has 0 unspecified atom stereocenters. The Balaban J connectivity index is 1.44. The van der Waals surface area contributed by atoms with Gasteiger partial charge in [-0.1, -0.05) is 36.7 Å². The number of nitrogens with zero attached hydrogens (tertiary/aromatic N) is 2. The van der Waals surface area contributed by atoms with Crippen LogP contribution in [-0.2, 0) is 31.4 Å². The fourth-order valence-electron chi connectivity index (χ4n) is 8.56. The Morgan fingerprint density at radius 3 is 2.63 bits per heavy atom. The maximum Gasteiger partial charge on any atom is 0.406 e. The second-order valence-corrected chi connectivity index (χ2v) is 17.7. The molecule has 0 saturated heterocycles. The Kier molecular flexibility index (Phi) is 10.7. The second-order valence-electron chi connectivity index (χ2n) is 15.2. The van der Waals surface area contributed by atoms with E-state index < -0.39 is 56.7 Å². The van der Waals surface area contributed by atoms with Crippen molar-refractivity contribution in [2.45, 2.75) is 81.2 Å². The van der Waals surface area contributed by atoms with Gasteiger partial charge >= 0.3 is 6.18 Å². The lowest BCUT2D eigenvalue weighted by Crippen LogP contribution is -2.54. The molecule has 0 aromatic heterocycles. The van der Waals surface area contributed by atoms with E-state index in [0.29, 0.717) is 47.5 Å². The fraction of sp³-hybridized carbons (Fsp3) is 0.579. The minimum Gasteiger partial charge on any atom is -0.490 e. The zero-order chi connectivity index (χ0) is 37.6. The maximum atomic E-state index is 13.5. The molecule has 2 bridgehead atoms. The first-order chi connectivity index (χ1) is 24.5. The third-order valence-corrected chi connectivity index (χ3v) is 14.0. The van der Waals surface area contributed by atoms with E-state index in [1.807, 2.05) is 12.1 Å². The number of amides is 2. The highest BCUT2D eigenvalue weighted by Gasteiger charge is 2.50. The molecule has 4 aliphatic rings. The van der Waals surface area contributed by atoms with Crippen LogP contribution in [0.15, 0.2) is 48.6 Å². The van der Waals surface area contributed by atoms with Gasteiger partial charge in [0.25, 0.3) is 5.91 Å². The molecule has 2 aliphatic carbocycles. The summed E-state index contributed by atoms with van der Waals surface area (Å²) in [7, 11) is -1.50. The number of sulfonamides is 1. The lowest BCUT2D eigenvalue weighted by atomic mass is 9.62. The Labute approximate surface area is 308 Å². The molecule has 1 saturated carbocycles. The quantitative estimate of drug-likeness (QED) is 0.347.